The zero-order valence-electron chi connectivity index (χ0n) is 19.2. The fourth-order valence-electron chi connectivity index (χ4n) is 4.67. The first-order valence-electron chi connectivity index (χ1n) is 11.7. The Morgan fingerprint density at radius 1 is 0.886 bits per heavy atom. The second kappa shape index (κ2) is 9.85. The van der Waals surface area contributed by atoms with E-state index in [0.29, 0.717) is 22.7 Å². The summed E-state index contributed by atoms with van der Waals surface area (Å²) in [5, 5.41) is 15.0. The van der Waals surface area contributed by atoms with Crippen molar-refractivity contribution >= 4 is 28.5 Å². The Labute approximate surface area is 203 Å². The summed E-state index contributed by atoms with van der Waals surface area (Å²) in [5.74, 6) is 0.413. The maximum absolute atomic E-state index is 12.6. The van der Waals surface area contributed by atoms with Crippen molar-refractivity contribution in [2.45, 2.75) is 18.8 Å². The van der Waals surface area contributed by atoms with Crippen molar-refractivity contribution in [3.63, 3.8) is 0 Å². The number of nitrogens with one attached hydrogen (secondary N) is 2. The third-order valence-electron chi connectivity index (χ3n) is 6.54. The maximum Gasteiger partial charge on any atom is 0.292 e. The molecular weight excluding hydrogens is 440 g/mol. The van der Waals surface area contributed by atoms with Crippen LogP contribution in [0.4, 0.5) is 22.7 Å². The van der Waals surface area contributed by atoms with Gasteiger partial charge < -0.3 is 15.2 Å². The molecule has 0 spiro atoms. The van der Waals surface area contributed by atoms with E-state index in [2.05, 4.69) is 21.3 Å². The Kier molecular flexibility index (Phi) is 6.30. The van der Waals surface area contributed by atoms with Gasteiger partial charge in [-0.15, -0.1) is 0 Å². The van der Waals surface area contributed by atoms with Gasteiger partial charge in [0.1, 0.15) is 5.69 Å². The second-order valence-electron chi connectivity index (χ2n) is 8.74. The highest BCUT2D eigenvalue weighted by Crippen LogP contribution is 2.36. The topological polar surface area (TPSA) is 91.3 Å². The Balaban J connectivity index is 1.31. The molecule has 35 heavy (non-hydrogen) atoms. The summed E-state index contributed by atoms with van der Waals surface area (Å²) in [4.78, 5) is 29.4. The summed E-state index contributed by atoms with van der Waals surface area (Å²) in [5.41, 5.74) is 4.78. The first kappa shape index (κ1) is 22.4. The molecule has 1 aliphatic heterocycles. The molecule has 3 aromatic carbocycles. The summed E-state index contributed by atoms with van der Waals surface area (Å²) in [6, 6.07) is 25.7. The normalized spacial score (nSPS) is 14.0. The van der Waals surface area contributed by atoms with Crippen LogP contribution in [0, 0.1) is 10.1 Å². The van der Waals surface area contributed by atoms with Gasteiger partial charge in [0.2, 0.25) is 0 Å². The largest absolute Gasteiger partial charge is 0.366 e. The fraction of sp³-hybridized carbons (Fsp3) is 0.179. The van der Waals surface area contributed by atoms with Gasteiger partial charge in [-0.3, -0.25) is 14.9 Å². The van der Waals surface area contributed by atoms with Crippen LogP contribution in [0.3, 0.4) is 0 Å². The van der Waals surface area contributed by atoms with Gasteiger partial charge in [-0.25, -0.2) is 0 Å². The zero-order chi connectivity index (χ0) is 24.2. The molecule has 7 nitrogen and oxygen atoms in total. The van der Waals surface area contributed by atoms with E-state index in [1.54, 1.807) is 36.4 Å². The summed E-state index contributed by atoms with van der Waals surface area (Å²) in [7, 11) is 0. The zero-order valence-corrected chi connectivity index (χ0v) is 19.2. The Hall–Kier alpha value is -4.39. The molecule has 7 heteroatoms. The molecule has 4 aromatic rings. The van der Waals surface area contributed by atoms with Crippen molar-refractivity contribution in [1.82, 2.24) is 4.98 Å². The maximum atomic E-state index is 12.6. The molecule has 1 saturated heterocycles. The van der Waals surface area contributed by atoms with Crippen LogP contribution in [-0.2, 0) is 0 Å². The number of piperidine rings is 1. The Bertz CT molecular complexity index is 1310. The van der Waals surface area contributed by atoms with Crippen LogP contribution in [-0.4, -0.2) is 28.8 Å². The predicted octanol–water partition coefficient (Wildman–Crippen LogP) is 6.28. The van der Waals surface area contributed by atoms with Crippen LogP contribution in [0.25, 0.3) is 0 Å². The third kappa shape index (κ3) is 4.94. The number of carbonyl (C=O) groups excluding carboxylic acids is 1. The number of anilines is 3. The number of nitro groups is 1. The van der Waals surface area contributed by atoms with Gasteiger partial charge in [0.15, 0.2) is 5.78 Å². The minimum Gasteiger partial charge on any atom is -0.366 e. The van der Waals surface area contributed by atoms with Crippen LogP contribution < -0.4 is 10.2 Å². The van der Waals surface area contributed by atoms with Crippen molar-refractivity contribution < 1.29 is 9.72 Å². The van der Waals surface area contributed by atoms with Gasteiger partial charge in [-0.05, 0) is 61.4 Å². The van der Waals surface area contributed by atoms with Crippen molar-refractivity contribution in [1.29, 1.82) is 0 Å². The Morgan fingerprint density at radius 2 is 1.57 bits per heavy atom. The van der Waals surface area contributed by atoms with Gasteiger partial charge in [0.05, 0.1) is 4.92 Å². The lowest BCUT2D eigenvalue weighted by Gasteiger charge is -2.33. The van der Waals surface area contributed by atoms with Gasteiger partial charge >= 0.3 is 0 Å². The SMILES string of the molecule is O=C(c1ccccc1)c1ccc(Nc2ccc([N+](=O)[O-])c(N3CCC(c4ccc[nH]4)CC3)c2)cc1. The molecule has 176 valence electrons. The minimum absolute atomic E-state index is 0.0301. The van der Waals surface area contributed by atoms with E-state index in [1.807, 2.05) is 48.7 Å². The molecule has 0 saturated carbocycles. The molecule has 0 amide bonds. The van der Waals surface area contributed by atoms with Gasteiger partial charge in [-0.2, -0.15) is 0 Å². The molecule has 1 fully saturated rings. The molecule has 1 aliphatic rings. The van der Waals surface area contributed by atoms with Crippen LogP contribution >= 0.6 is 0 Å². The quantitative estimate of drug-likeness (QED) is 0.190. The van der Waals surface area contributed by atoms with E-state index in [-0.39, 0.29) is 16.4 Å². The average molecular weight is 467 g/mol. The van der Waals surface area contributed by atoms with E-state index < -0.39 is 0 Å². The molecule has 1 aromatic heterocycles. The summed E-state index contributed by atoms with van der Waals surface area (Å²) in [6.07, 6.45) is 3.81. The molecule has 5 rings (SSSR count). The number of benzene rings is 3. The van der Waals surface area contributed by atoms with Gasteiger partial charge in [-0.1, -0.05) is 30.3 Å². The second-order valence-corrected chi connectivity index (χ2v) is 8.74. The van der Waals surface area contributed by atoms with Crippen LogP contribution in [0.15, 0.2) is 91.1 Å². The first-order chi connectivity index (χ1) is 17.1. The number of nitro benzene ring substituents is 1. The van der Waals surface area contributed by atoms with Gasteiger partial charge in [0.25, 0.3) is 5.69 Å². The highest BCUT2D eigenvalue weighted by Gasteiger charge is 2.26. The van der Waals surface area contributed by atoms with E-state index in [9.17, 15) is 14.9 Å². The van der Waals surface area contributed by atoms with Crippen molar-refractivity contribution in [3.05, 3.63) is 118 Å². The molecule has 0 bridgehead atoms. The standard InChI is InChI=1S/C28H26N4O3/c33-28(21-5-2-1-3-6-21)22-8-10-23(11-9-22)30-24-12-13-26(32(34)35)27(19-24)31-17-14-20(15-18-31)25-7-4-16-29-25/h1-13,16,19-20,29-30H,14-15,17-18H2. The van der Waals surface area contributed by atoms with Crippen LogP contribution in [0.1, 0.15) is 40.4 Å². The number of hydrogen-bond donors (Lipinski definition) is 2. The average Bonchev–Trinajstić information content (AvgIpc) is 3.44. The lowest BCUT2D eigenvalue weighted by molar-refractivity contribution is -0.384. The number of carbonyl (C=O) groups is 1. The highest BCUT2D eigenvalue weighted by atomic mass is 16.6. The van der Waals surface area contributed by atoms with Crippen molar-refractivity contribution in [2.24, 2.45) is 0 Å². The first-order valence-corrected chi connectivity index (χ1v) is 11.7. The molecule has 0 aliphatic carbocycles. The molecule has 2 heterocycles. The number of rotatable bonds is 7. The van der Waals surface area contributed by atoms with Crippen molar-refractivity contribution in [2.75, 3.05) is 23.3 Å². The summed E-state index contributed by atoms with van der Waals surface area (Å²) in [6.45, 7) is 1.51. The lowest BCUT2D eigenvalue weighted by atomic mass is 9.93. The van der Waals surface area contributed by atoms with E-state index in [0.717, 1.165) is 37.3 Å². The van der Waals surface area contributed by atoms with E-state index in [1.165, 1.54) is 5.69 Å². The molecular formula is C28H26N4O3. The highest BCUT2D eigenvalue weighted by molar-refractivity contribution is 6.09. The number of aromatic nitrogens is 1. The minimum atomic E-state index is -0.319. The van der Waals surface area contributed by atoms with Crippen LogP contribution in [0.5, 0.6) is 0 Å². The predicted molar refractivity (Wildman–Crippen MR) is 138 cm³/mol. The molecule has 0 unspecified atom stereocenters. The number of nitrogens with zero attached hydrogens (tertiary/aromatic N) is 2. The molecule has 2 N–H and O–H groups in total. The smallest absolute Gasteiger partial charge is 0.292 e. The van der Waals surface area contributed by atoms with Crippen LogP contribution in [0.2, 0.25) is 0 Å². The monoisotopic (exact) mass is 466 g/mol. The van der Waals surface area contributed by atoms with Crippen molar-refractivity contribution in [3.8, 4) is 0 Å². The van der Waals surface area contributed by atoms with E-state index >= 15 is 0 Å². The Morgan fingerprint density at radius 3 is 2.23 bits per heavy atom. The van der Waals surface area contributed by atoms with E-state index in [4.69, 9.17) is 0 Å². The number of aromatic amines is 1. The number of ketones is 1. The molecule has 0 radical (unpaired) electrons. The number of H-pyrrole nitrogens is 1. The van der Waals surface area contributed by atoms with Gasteiger partial charge in [0, 0.05) is 59.5 Å². The third-order valence-corrected chi connectivity index (χ3v) is 6.54. The molecule has 0 atom stereocenters. The summed E-state index contributed by atoms with van der Waals surface area (Å²) >= 11 is 0. The lowest BCUT2D eigenvalue weighted by Crippen LogP contribution is -2.33. The number of hydrogen-bond acceptors (Lipinski definition) is 5. The summed E-state index contributed by atoms with van der Waals surface area (Å²) < 4.78 is 0. The fourth-order valence-corrected chi connectivity index (χ4v) is 4.67.